The summed E-state index contributed by atoms with van der Waals surface area (Å²) in [5, 5.41) is 58.9. The molecule has 0 amide bonds. The first-order valence-electron chi connectivity index (χ1n) is 15.7. The Morgan fingerprint density at radius 3 is 0.272 bits per heavy atom. The van der Waals surface area contributed by atoms with E-state index in [2.05, 4.69) is 0 Å². The SMILES string of the molecule is O=C(/C=C(\[O-])C(F)(F)F)C(F)(F)F.O=C(/C=C(\[O-])C(F)(F)F)C(F)(F)F.O=C(/C=C(\[O-])C(F)(F)F)C(F)(F)F.O=C(/C=C(\[O-])C(F)(F)F)C(F)(F)F.O=C(/C=C(\[O-])C(F)(F)F)C(F)(F)F.O=C(/C=C(\[O-])C(F)(F)F)C(F)(F)F.[Co+2].[Co+2].[Co+2]. The molecular formula is C30H6Co3F36O12. The number of halogens is 36. The number of hydrogen-bond donors (Lipinski definition) is 0. The van der Waals surface area contributed by atoms with E-state index in [4.69, 9.17) is 0 Å². The molecule has 51 heteroatoms. The van der Waals surface area contributed by atoms with Crippen molar-refractivity contribution in [2.75, 3.05) is 0 Å². The predicted molar refractivity (Wildman–Crippen MR) is 151 cm³/mol. The van der Waals surface area contributed by atoms with Gasteiger partial charge in [0.15, 0.2) is 0 Å². The maximum atomic E-state index is 11.3. The molecule has 0 rings (SSSR count). The van der Waals surface area contributed by atoms with Gasteiger partial charge >= 0.3 is 124 Å². The Balaban J connectivity index is -0.000000109. The minimum atomic E-state index is -5.46. The van der Waals surface area contributed by atoms with E-state index in [1.165, 1.54) is 0 Å². The fourth-order valence-electron chi connectivity index (χ4n) is 1.70. The monoisotopic (exact) mass is 1420 g/mol. The van der Waals surface area contributed by atoms with E-state index in [0.29, 0.717) is 0 Å². The van der Waals surface area contributed by atoms with E-state index in [1.54, 1.807) is 0 Å². The summed E-state index contributed by atoms with van der Waals surface area (Å²) in [4.78, 5) is 58.9. The zero-order valence-corrected chi connectivity index (χ0v) is 38.1. The molecule has 81 heavy (non-hydrogen) atoms. The first kappa shape index (κ1) is 94.5. The number of carbonyl (C=O) groups is 6. The molecule has 0 fully saturated rings. The largest absolute Gasteiger partial charge is 2.00 e. The van der Waals surface area contributed by atoms with Crippen molar-refractivity contribution in [2.24, 2.45) is 0 Å². The standard InChI is InChI=1S/6C5H2F6O2.3Co/c6*6-4(7,8)2(12)1-3(13)5(9,10)11;;;/h6*1,12H;;;/q;;;;;;3*+2/p-6/b6*2-1-;;;. The number of ketones is 6. The van der Waals surface area contributed by atoms with Crippen LogP contribution in [0.2, 0.25) is 0 Å². The van der Waals surface area contributed by atoms with E-state index < -0.39 is 180 Å². The fraction of sp³-hybridized carbons (Fsp3) is 0.400. The maximum Gasteiger partial charge on any atom is 2.00 e. The van der Waals surface area contributed by atoms with Gasteiger partial charge in [-0.1, -0.05) is 0 Å². The molecule has 0 aromatic rings. The molecule has 12 nitrogen and oxygen atoms in total. The molecule has 0 heterocycles. The van der Waals surface area contributed by atoms with Gasteiger partial charge in [0.2, 0.25) is 0 Å². The molecule has 0 aromatic carbocycles. The van der Waals surface area contributed by atoms with E-state index >= 15 is 0 Å². The van der Waals surface area contributed by atoms with Crippen LogP contribution in [0, 0.1) is 0 Å². The third-order valence-corrected chi connectivity index (χ3v) is 4.93. The van der Waals surface area contributed by atoms with Crippen LogP contribution < -0.4 is 30.6 Å². The second-order valence-electron chi connectivity index (χ2n) is 11.2. The third-order valence-electron chi connectivity index (χ3n) is 4.93. The molecule has 0 spiro atoms. The quantitative estimate of drug-likeness (QED) is 0.181. The van der Waals surface area contributed by atoms with Crippen molar-refractivity contribution in [3.8, 4) is 0 Å². The molecule has 0 saturated heterocycles. The molecule has 0 aliphatic heterocycles. The van der Waals surface area contributed by atoms with Gasteiger partial charge in [-0.2, -0.15) is 158 Å². The zero-order chi connectivity index (χ0) is 65.2. The Morgan fingerprint density at radius 2 is 0.235 bits per heavy atom. The Kier molecular flexibility index (Phi) is 39.7. The number of hydrogen-bond acceptors (Lipinski definition) is 12. The Morgan fingerprint density at radius 1 is 0.173 bits per heavy atom. The number of allylic oxidation sites excluding steroid dienone is 12. The van der Waals surface area contributed by atoms with Gasteiger partial charge in [0, 0.05) is 0 Å². The molecule has 0 bridgehead atoms. The molecule has 3 radical (unpaired) electrons. The summed E-state index contributed by atoms with van der Waals surface area (Å²) in [5.74, 6) is -33.9. The van der Waals surface area contributed by atoms with Crippen molar-refractivity contribution in [1.29, 1.82) is 0 Å². The first-order chi connectivity index (χ1) is 33.3. The van der Waals surface area contributed by atoms with Gasteiger partial charge in [-0.05, 0) is 71.0 Å². The summed E-state index contributed by atoms with van der Waals surface area (Å²) in [6, 6.07) is 0. The van der Waals surface area contributed by atoms with Crippen LogP contribution >= 0.6 is 0 Å². The van der Waals surface area contributed by atoms with Crippen molar-refractivity contribution < 1.29 is 268 Å². The molecule has 0 aliphatic carbocycles. The Labute approximate surface area is 447 Å². The summed E-state index contributed by atoms with van der Waals surface area (Å²) >= 11 is 0. The smallest absolute Gasteiger partial charge is 0.869 e. The molecule has 0 aliphatic rings. The van der Waals surface area contributed by atoms with Crippen LogP contribution in [0.4, 0.5) is 158 Å². The number of rotatable bonds is 6. The van der Waals surface area contributed by atoms with Gasteiger partial charge in [-0.15, -0.1) is 0 Å². The fourth-order valence-corrected chi connectivity index (χ4v) is 1.70. The van der Waals surface area contributed by atoms with Crippen LogP contribution in [-0.2, 0) is 79.1 Å². The summed E-state index contributed by atoms with van der Waals surface area (Å²) in [7, 11) is 0. The summed E-state index contributed by atoms with van der Waals surface area (Å²) in [6.45, 7) is 0. The van der Waals surface area contributed by atoms with Crippen molar-refractivity contribution >= 4 is 34.7 Å². The molecular weight excluding hydrogens is 1410 g/mol. The minimum absolute atomic E-state index is 0. The van der Waals surface area contributed by atoms with E-state index in [1.807, 2.05) is 0 Å². The second kappa shape index (κ2) is 34.0. The van der Waals surface area contributed by atoms with Gasteiger partial charge in [0.25, 0.3) is 34.7 Å². The van der Waals surface area contributed by atoms with E-state index in [9.17, 15) is 217 Å². The molecule has 477 valence electrons. The van der Waals surface area contributed by atoms with Gasteiger partial charge in [-0.25, -0.2) is 0 Å². The van der Waals surface area contributed by atoms with Gasteiger partial charge in [0.05, 0.1) is 0 Å². The van der Waals surface area contributed by atoms with Crippen molar-refractivity contribution in [3.63, 3.8) is 0 Å². The van der Waals surface area contributed by atoms with Gasteiger partial charge in [-0.3, -0.25) is 28.8 Å². The Bertz CT molecular complexity index is 1830. The summed E-state index contributed by atoms with van der Waals surface area (Å²) < 4.78 is 407. The molecule has 0 aromatic heterocycles. The van der Waals surface area contributed by atoms with E-state index in [0.717, 1.165) is 0 Å². The van der Waals surface area contributed by atoms with Crippen LogP contribution in [0.15, 0.2) is 71.0 Å². The van der Waals surface area contributed by atoms with Crippen LogP contribution in [0.1, 0.15) is 0 Å². The molecule has 0 saturated carbocycles. The van der Waals surface area contributed by atoms with Crippen LogP contribution in [-0.4, -0.2) is 109 Å². The van der Waals surface area contributed by atoms with Gasteiger partial charge in [0.1, 0.15) is 0 Å². The van der Waals surface area contributed by atoms with Crippen molar-refractivity contribution in [3.05, 3.63) is 71.0 Å². The first-order valence-corrected chi connectivity index (χ1v) is 15.7. The molecule has 0 unspecified atom stereocenters. The topological polar surface area (TPSA) is 241 Å². The zero-order valence-electron chi connectivity index (χ0n) is 35.0. The summed E-state index contributed by atoms with van der Waals surface area (Å²) in [6.07, 6.45) is -71.7. The van der Waals surface area contributed by atoms with Gasteiger partial charge < -0.3 is 30.6 Å². The third kappa shape index (κ3) is 47.6. The molecule has 0 N–H and O–H groups in total. The normalized spacial score (nSPS) is 13.9. The molecule has 0 atom stereocenters. The average Bonchev–Trinajstić information content (AvgIpc) is 3.14. The number of alkyl halides is 36. The predicted octanol–water partition coefficient (Wildman–Crippen LogP) is 5.54. The maximum absolute atomic E-state index is 11.3. The minimum Gasteiger partial charge on any atom is -0.869 e. The summed E-state index contributed by atoms with van der Waals surface area (Å²) in [5.41, 5.74) is 0. The van der Waals surface area contributed by atoms with Crippen molar-refractivity contribution in [1.82, 2.24) is 0 Å². The van der Waals surface area contributed by atoms with Crippen LogP contribution in [0.25, 0.3) is 0 Å². The van der Waals surface area contributed by atoms with Crippen LogP contribution in [0.5, 0.6) is 0 Å². The average molecular weight is 1420 g/mol. The Hall–Kier alpha value is -5.74. The van der Waals surface area contributed by atoms with Crippen LogP contribution in [0.3, 0.4) is 0 Å². The van der Waals surface area contributed by atoms with E-state index in [-0.39, 0.29) is 50.3 Å². The van der Waals surface area contributed by atoms with Crippen molar-refractivity contribution in [2.45, 2.75) is 74.1 Å². The number of carbonyl (C=O) groups excluding carboxylic acids is 6. The second-order valence-corrected chi connectivity index (χ2v) is 11.2.